The summed E-state index contributed by atoms with van der Waals surface area (Å²) in [7, 11) is 0. The van der Waals surface area contributed by atoms with Crippen LogP contribution in [0.25, 0.3) is 0 Å². The third-order valence-corrected chi connectivity index (χ3v) is 4.21. The van der Waals surface area contributed by atoms with Crippen LogP contribution in [-0.4, -0.2) is 36.2 Å². The Morgan fingerprint density at radius 3 is 2.63 bits per heavy atom. The van der Waals surface area contributed by atoms with E-state index in [1.807, 2.05) is 0 Å². The first kappa shape index (κ1) is 18.7. The van der Waals surface area contributed by atoms with Gasteiger partial charge >= 0.3 is 5.97 Å². The smallest absolute Gasteiger partial charge is 0.326 e. The molecule has 0 saturated heterocycles. The quantitative estimate of drug-likeness (QED) is 0.803. The van der Waals surface area contributed by atoms with Crippen molar-refractivity contribution >= 4 is 11.9 Å². The van der Waals surface area contributed by atoms with Gasteiger partial charge in [-0.2, -0.15) is 0 Å². The Morgan fingerprint density at radius 1 is 1.11 bits per heavy atom. The van der Waals surface area contributed by atoms with Gasteiger partial charge in [0.2, 0.25) is 0 Å². The van der Waals surface area contributed by atoms with Crippen molar-refractivity contribution in [2.75, 3.05) is 13.2 Å². The molecule has 0 aromatic heterocycles. The summed E-state index contributed by atoms with van der Waals surface area (Å²) in [5.74, 6) is -2.07. The van der Waals surface area contributed by atoms with Crippen LogP contribution in [0.2, 0.25) is 0 Å². The largest absolute Gasteiger partial charge is 0.494 e. The molecular formula is C20H20FNO5. The van der Waals surface area contributed by atoms with E-state index in [0.29, 0.717) is 24.3 Å². The lowest BCUT2D eigenvalue weighted by atomic mass is 10.0. The van der Waals surface area contributed by atoms with Crippen molar-refractivity contribution in [3.05, 3.63) is 59.4 Å². The van der Waals surface area contributed by atoms with Gasteiger partial charge in [-0.3, -0.25) is 4.79 Å². The first-order chi connectivity index (χ1) is 13.0. The molecule has 2 bridgehead atoms. The number of benzene rings is 2. The molecule has 0 saturated carbocycles. The van der Waals surface area contributed by atoms with Crippen molar-refractivity contribution in [2.45, 2.75) is 25.3 Å². The van der Waals surface area contributed by atoms with Crippen LogP contribution in [0.3, 0.4) is 0 Å². The molecule has 27 heavy (non-hydrogen) atoms. The molecule has 1 amide bonds. The molecule has 2 aromatic rings. The van der Waals surface area contributed by atoms with Crippen molar-refractivity contribution in [3.63, 3.8) is 0 Å². The number of ether oxygens (including phenoxy) is 2. The van der Waals surface area contributed by atoms with E-state index in [0.717, 1.165) is 12.5 Å². The molecule has 1 atom stereocenters. The Kier molecular flexibility index (Phi) is 5.90. The minimum atomic E-state index is -1.22. The van der Waals surface area contributed by atoms with Crippen molar-refractivity contribution in [3.8, 4) is 11.5 Å². The minimum Gasteiger partial charge on any atom is -0.494 e. The fourth-order valence-corrected chi connectivity index (χ4v) is 2.85. The van der Waals surface area contributed by atoms with Crippen molar-refractivity contribution in [1.82, 2.24) is 5.32 Å². The average Bonchev–Trinajstić information content (AvgIpc) is 2.64. The van der Waals surface area contributed by atoms with Crippen LogP contribution in [0.1, 0.15) is 28.8 Å². The molecule has 0 spiro atoms. The van der Waals surface area contributed by atoms with Crippen LogP contribution in [0, 0.1) is 5.82 Å². The number of aliphatic carboxylic acids is 1. The number of fused-ring (bicyclic) bond motifs is 3. The minimum absolute atomic E-state index is 0.0446. The summed E-state index contributed by atoms with van der Waals surface area (Å²) in [6.45, 7) is 0.762. The molecule has 1 aliphatic rings. The number of hydrogen-bond donors (Lipinski definition) is 2. The predicted octanol–water partition coefficient (Wildman–Crippen LogP) is 2.80. The molecule has 142 valence electrons. The second-order valence-corrected chi connectivity index (χ2v) is 6.23. The SMILES string of the molecule is O=C1N[C@H](C(=O)O)Cc2cccc(c2)OCCCCOc2cccc(F)c21. The fourth-order valence-electron chi connectivity index (χ4n) is 2.85. The molecule has 3 rings (SSSR count). The molecule has 0 aliphatic carbocycles. The second-order valence-electron chi connectivity index (χ2n) is 6.23. The van der Waals surface area contributed by atoms with Gasteiger partial charge in [0.05, 0.1) is 13.2 Å². The van der Waals surface area contributed by atoms with Gasteiger partial charge in [0, 0.05) is 6.42 Å². The maximum absolute atomic E-state index is 14.3. The molecule has 6 nitrogen and oxygen atoms in total. The monoisotopic (exact) mass is 373 g/mol. The molecule has 0 radical (unpaired) electrons. The van der Waals surface area contributed by atoms with E-state index >= 15 is 0 Å². The molecule has 0 fully saturated rings. The van der Waals surface area contributed by atoms with E-state index in [9.17, 15) is 19.1 Å². The van der Waals surface area contributed by atoms with Crippen molar-refractivity contribution in [1.29, 1.82) is 0 Å². The maximum Gasteiger partial charge on any atom is 0.326 e. The van der Waals surface area contributed by atoms with Crippen LogP contribution in [0.4, 0.5) is 4.39 Å². The van der Waals surface area contributed by atoms with E-state index in [2.05, 4.69) is 5.32 Å². The van der Waals surface area contributed by atoms with Crippen LogP contribution in [0.5, 0.6) is 11.5 Å². The Hall–Kier alpha value is -3.09. The van der Waals surface area contributed by atoms with Crippen LogP contribution in [0.15, 0.2) is 42.5 Å². The lowest BCUT2D eigenvalue weighted by Crippen LogP contribution is -2.42. The summed E-state index contributed by atoms with van der Waals surface area (Å²) >= 11 is 0. The van der Waals surface area contributed by atoms with Gasteiger partial charge < -0.3 is 19.9 Å². The second kappa shape index (κ2) is 8.53. The number of carbonyl (C=O) groups is 2. The normalized spacial score (nSPS) is 18.0. The van der Waals surface area contributed by atoms with E-state index in [1.54, 1.807) is 24.3 Å². The first-order valence-electron chi connectivity index (χ1n) is 8.71. The van der Waals surface area contributed by atoms with Crippen LogP contribution < -0.4 is 14.8 Å². The number of nitrogens with one attached hydrogen (secondary N) is 1. The van der Waals surface area contributed by atoms with Crippen LogP contribution >= 0.6 is 0 Å². The molecule has 7 heteroatoms. The summed E-state index contributed by atoms with van der Waals surface area (Å²) in [5.41, 5.74) is 0.406. The number of carbonyl (C=O) groups excluding carboxylic acids is 1. The molecule has 0 unspecified atom stereocenters. The summed E-state index contributed by atoms with van der Waals surface area (Å²) in [4.78, 5) is 24.2. The standard InChI is InChI=1S/C20H20FNO5/c21-15-7-4-8-17-18(15)19(23)22-16(20(24)25)12-13-5-3-6-14(11-13)26-9-1-2-10-27-17/h3-8,11,16H,1-2,9-10,12H2,(H,22,23)(H,24,25)/t16-/m0/s1. The molecular weight excluding hydrogens is 353 g/mol. The predicted molar refractivity (Wildman–Crippen MR) is 95.7 cm³/mol. The number of rotatable bonds is 1. The lowest BCUT2D eigenvalue weighted by molar-refractivity contribution is -0.139. The number of amides is 1. The Balaban J connectivity index is 1.93. The third kappa shape index (κ3) is 4.75. The average molecular weight is 373 g/mol. The highest BCUT2D eigenvalue weighted by atomic mass is 19.1. The van der Waals surface area contributed by atoms with Gasteiger partial charge in [-0.25, -0.2) is 9.18 Å². The fraction of sp³-hybridized carbons (Fsp3) is 0.300. The number of halogens is 1. The summed E-state index contributed by atoms with van der Waals surface area (Å²) < 4.78 is 25.5. The number of hydrogen-bond acceptors (Lipinski definition) is 4. The zero-order valence-electron chi connectivity index (χ0n) is 14.6. The van der Waals surface area contributed by atoms with Gasteiger partial charge in [0.1, 0.15) is 28.9 Å². The van der Waals surface area contributed by atoms with E-state index in [-0.39, 0.29) is 24.3 Å². The van der Waals surface area contributed by atoms with Crippen LogP contribution in [-0.2, 0) is 11.2 Å². The summed E-state index contributed by atoms with van der Waals surface area (Å²) in [6, 6.07) is 9.91. The Labute approximate surface area is 155 Å². The van der Waals surface area contributed by atoms with Gasteiger partial charge in [0.15, 0.2) is 0 Å². The molecule has 1 aliphatic heterocycles. The van der Waals surface area contributed by atoms with Gasteiger partial charge in [-0.05, 0) is 42.7 Å². The highest BCUT2D eigenvalue weighted by molar-refractivity contribution is 5.99. The van der Waals surface area contributed by atoms with Gasteiger partial charge in [0.25, 0.3) is 5.91 Å². The van der Waals surface area contributed by atoms with Gasteiger partial charge in [-0.1, -0.05) is 18.2 Å². The first-order valence-corrected chi connectivity index (χ1v) is 8.71. The van der Waals surface area contributed by atoms with E-state index in [1.165, 1.54) is 12.1 Å². The van der Waals surface area contributed by atoms with Gasteiger partial charge in [-0.15, -0.1) is 0 Å². The van der Waals surface area contributed by atoms with Crippen molar-refractivity contribution < 1.29 is 28.6 Å². The summed E-state index contributed by atoms with van der Waals surface area (Å²) in [6.07, 6.45) is 1.43. The zero-order valence-corrected chi connectivity index (χ0v) is 14.6. The molecule has 1 heterocycles. The lowest BCUT2D eigenvalue weighted by Gasteiger charge is -2.17. The number of carboxylic acids is 1. The zero-order chi connectivity index (χ0) is 19.2. The van der Waals surface area contributed by atoms with E-state index < -0.39 is 23.7 Å². The maximum atomic E-state index is 14.3. The Bertz CT molecular complexity index is 839. The highest BCUT2D eigenvalue weighted by Crippen LogP contribution is 2.23. The topological polar surface area (TPSA) is 84.9 Å². The number of carboxylic acid groups (broad SMARTS) is 1. The highest BCUT2D eigenvalue weighted by Gasteiger charge is 2.25. The molecule has 2 N–H and O–H groups in total. The molecule has 2 aromatic carbocycles. The Morgan fingerprint density at radius 2 is 1.85 bits per heavy atom. The summed E-state index contributed by atoms with van der Waals surface area (Å²) in [5, 5.41) is 11.9. The van der Waals surface area contributed by atoms with Crippen molar-refractivity contribution in [2.24, 2.45) is 0 Å². The third-order valence-electron chi connectivity index (χ3n) is 4.21. The van der Waals surface area contributed by atoms with E-state index in [4.69, 9.17) is 9.47 Å².